The first-order chi connectivity index (χ1) is 11.5. The lowest BCUT2D eigenvalue weighted by Gasteiger charge is -2.25. The molecule has 24 heavy (non-hydrogen) atoms. The number of benzene rings is 1. The van der Waals surface area contributed by atoms with Crippen molar-refractivity contribution in [3.05, 3.63) is 29.8 Å². The Morgan fingerprint density at radius 1 is 1.29 bits per heavy atom. The van der Waals surface area contributed by atoms with E-state index in [0.717, 1.165) is 12.0 Å². The Balaban J connectivity index is 1.85. The van der Waals surface area contributed by atoms with Crippen molar-refractivity contribution >= 4 is 11.9 Å². The number of ether oxygens (including phenoxy) is 1. The van der Waals surface area contributed by atoms with Crippen molar-refractivity contribution in [3.63, 3.8) is 0 Å². The minimum atomic E-state index is -2.54. The topological polar surface area (TPSA) is 75.6 Å². The monoisotopic (exact) mass is 341 g/mol. The van der Waals surface area contributed by atoms with E-state index >= 15 is 0 Å². The maximum atomic E-state index is 12.2. The predicted octanol–water partition coefficient (Wildman–Crippen LogP) is 2.84. The molecule has 1 fully saturated rings. The van der Waals surface area contributed by atoms with E-state index in [1.165, 1.54) is 0 Å². The number of carbonyl (C=O) groups is 2. The lowest BCUT2D eigenvalue weighted by atomic mass is 9.81. The van der Waals surface area contributed by atoms with Crippen LogP contribution in [0.4, 0.5) is 8.78 Å². The molecule has 1 aliphatic carbocycles. The van der Waals surface area contributed by atoms with E-state index in [9.17, 15) is 18.4 Å². The van der Waals surface area contributed by atoms with E-state index in [1.807, 2.05) is 0 Å². The van der Waals surface area contributed by atoms with Gasteiger partial charge in [0.05, 0.1) is 5.92 Å². The molecule has 0 radical (unpaired) electrons. The standard InChI is InChI=1S/C17H21F2NO4/c18-15(19)10-24-14-6-1-3-11(7-14)9-20-16(21)12-4-2-5-13(8-12)17(22)23/h1,3,6-7,12-13,15H,2,4-5,8-10H2,(H,20,21)(H,22,23). The van der Waals surface area contributed by atoms with Gasteiger partial charge in [-0.1, -0.05) is 18.6 Å². The Morgan fingerprint density at radius 2 is 2.04 bits per heavy atom. The molecule has 0 spiro atoms. The summed E-state index contributed by atoms with van der Waals surface area (Å²) in [4.78, 5) is 23.3. The molecule has 2 atom stereocenters. The highest BCUT2D eigenvalue weighted by Gasteiger charge is 2.30. The summed E-state index contributed by atoms with van der Waals surface area (Å²) >= 11 is 0. The second-order valence-corrected chi connectivity index (χ2v) is 5.97. The van der Waals surface area contributed by atoms with Crippen LogP contribution in [0.15, 0.2) is 24.3 Å². The molecule has 2 rings (SSSR count). The van der Waals surface area contributed by atoms with E-state index in [2.05, 4.69) is 5.32 Å². The van der Waals surface area contributed by atoms with Crippen LogP contribution < -0.4 is 10.1 Å². The summed E-state index contributed by atoms with van der Waals surface area (Å²) in [6.07, 6.45) is -0.151. The molecule has 0 saturated heterocycles. The molecule has 2 unspecified atom stereocenters. The summed E-state index contributed by atoms with van der Waals surface area (Å²) in [6.45, 7) is -0.423. The first-order valence-electron chi connectivity index (χ1n) is 7.96. The van der Waals surface area contributed by atoms with Crippen LogP contribution in [0.1, 0.15) is 31.2 Å². The Bertz CT molecular complexity index is 579. The first-order valence-corrected chi connectivity index (χ1v) is 7.96. The molecule has 0 heterocycles. The maximum absolute atomic E-state index is 12.2. The van der Waals surface area contributed by atoms with Gasteiger partial charge in [0, 0.05) is 12.5 Å². The first kappa shape index (κ1) is 18.2. The summed E-state index contributed by atoms with van der Waals surface area (Å²) in [6, 6.07) is 6.61. The van der Waals surface area contributed by atoms with Gasteiger partial charge >= 0.3 is 5.97 Å². The van der Waals surface area contributed by atoms with Crippen molar-refractivity contribution in [2.24, 2.45) is 11.8 Å². The third-order valence-electron chi connectivity index (χ3n) is 4.14. The smallest absolute Gasteiger partial charge is 0.306 e. The fraction of sp³-hybridized carbons (Fsp3) is 0.529. The van der Waals surface area contributed by atoms with Crippen molar-refractivity contribution in [2.45, 2.75) is 38.7 Å². The zero-order valence-corrected chi connectivity index (χ0v) is 13.2. The molecule has 1 aliphatic rings. The van der Waals surface area contributed by atoms with Gasteiger partial charge in [-0.25, -0.2) is 8.78 Å². The highest BCUT2D eigenvalue weighted by molar-refractivity contribution is 5.80. The van der Waals surface area contributed by atoms with Crippen LogP contribution >= 0.6 is 0 Å². The third kappa shape index (κ3) is 5.47. The largest absolute Gasteiger partial charge is 0.488 e. The molecular weight excluding hydrogens is 320 g/mol. The van der Waals surface area contributed by atoms with Crippen molar-refractivity contribution in [1.82, 2.24) is 5.32 Å². The van der Waals surface area contributed by atoms with Gasteiger partial charge < -0.3 is 15.2 Å². The van der Waals surface area contributed by atoms with Crippen LogP contribution in [0.25, 0.3) is 0 Å². The molecule has 2 N–H and O–H groups in total. The summed E-state index contributed by atoms with van der Waals surface area (Å²) < 4.78 is 29.2. The Kier molecular flexibility index (Phi) is 6.52. The molecule has 132 valence electrons. The number of carboxylic acids is 1. The number of nitrogens with one attached hydrogen (secondary N) is 1. The van der Waals surface area contributed by atoms with Crippen LogP contribution in [-0.4, -0.2) is 30.0 Å². The summed E-state index contributed by atoms with van der Waals surface area (Å²) in [5.74, 6) is -1.44. The van der Waals surface area contributed by atoms with E-state index in [0.29, 0.717) is 25.0 Å². The lowest BCUT2D eigenvalue weighted by molar-refractivity contribution is -0.144. The Morgan fingerprint density at radius 3 is 2.75 bits per heavy atom. The predicted molar refractivity (Wildman–Crippen MR) is 82.9 cm³/mol. The van der Waals surface area contributed by atoms with Gasteiger partial charge in [-0.3, -0.25) is 9.59 Å². The molecule has 1 aromatic rings. The number of hydrogen-bond acceptors (Lipinski definition) is 3. The number of amides is 1. The highest BCUT2D eigenvalue weighted by atomic mass is 19.3. The van der Waals surface area contributed by atoms with Crippen molar-refractivity contribution in [2.75, 3.05) is 6.61 Å². The number of carbonyl (C=O) groups excluding carboxylic acids is 1. The van der Waals surface area contributed by atoms with Gasteiger partial charge in [0.1, 0.15) is 12.4 Å². The number of rotatable bonds is 7. The molecule has 0 aliphatic heterocycles. The normalized spacial score (nSPS) is 20.6. The van der Waals surface area contributed by atoms with Crippen molar-refractivity contribution < 1.29 is 28.2 Å². The molecule has 1 saturated carbocycles. The maximum Gasteiger partial charge on any atom is 0.306 e. The third-order valence-corrected chi connectivity index (χ3v) is 4.14. The number of aliphatic carboxylic acids is 1. The minimum Gasteiger partial charge on any atom is -0.488 e. The molecular formula is C17H21F2NO4. The molecule has 5 nitrogen and oxygen atoms in total. The van der Waals surface area contributed by atoms with Gasteiger partial charge in [0.15, 0.2) is 0 Å². The van der Waals surface area contributed by atoms with Gasteiger partial charge in [-0.05, 0) is 37.0 Å². The summed E-state index contributed by atoms with van der Waals surface area (Å²) in [5.41, 5.74) is 0.737. The highest BCUT2D eigenvalue weighted by Crippen LogP contribution is 2.29. The molecule has 0 bridgehead atoms. The zero-order chi connectivity index (χ0) is 17.5. The fourth-order valence-electron chi connectivity index (χ4n) is 2.89. The quantitative estimate of drug-likeness (QED) is 0.800. The summed E-state index contributed by atoms with van der Waals surface area (Å²) in [7, 11) is 0. The minimum absolute atomic E-state index is 0.167. The second kappa shape index (κ2) is 8.61. The fourth-order valence-corrected chi connectivity index (χ4v) is 2.89. The molecule has 7 heteroatoms. The zero-order valence-electron chi connectivity index (χ0n) is 13.2. The number of halogens is 2. The van der Waals surface area contributed by atoms with Crippen molar-refractivity contribution in [1.29, 1.82) is 0 Å². The van der Waals surface area contributed by atoms with E-state index < -0.39 is 24.9 Å². The number of hydrogen-bond donors (Lipinski definition) is 2. The van der Waals surface area contributed by atoms with Gasteiger partial charge in [-0.2, -0.15) is 0 Å². The van der Waals surface area contributed by atoms with Crippen LogP contribution in [0.3, 0.4) is 0 Å². The van der Waals surface area contributed by atoms with Crippen LogP contribution in [-0.2, 0) is 16.1 Å². The SMILES string of the molecule is O=C(O)C1CCCC(C(=O)NCc2cccc(OCC(F)F)c2)C1. The number of alkyl halides is 2. The Labute approximate surface area is 139 Å². The van der Waals surface area contributed by atoms with E-state index in [-0.39, 0.29) is 18.4 Å². The molecule has 0 aromatic heterocycles. The van der Waals surface area contributed by atoms with Gasteiger partial charge in [0.25, 0.3) is 6.43 Å². The second-order valence-electron chi connectivity index (χ2n) is 5.97. The summed E-state index contributed by atoms with van der Waals surface area (Å²) in [5, 5.41) is 11.9. The number of carboxylic acid groups (broad SMARTS) is 1. The average molecular weight is 341 g/mol. The van der Waals surface area contributed by atoms with Gasteiger partial charge in [0.2, 0.25) is 5.91 Å². The van der Waals surface area contributed by atoms with Gasteiger partial charge in [-0.15, -0.1) is 0 Å². The lowest BCUT2D eigenvalue weighted by Crippen LogP contribution is -2.35. The van der Waals surface area contributed by atoms with Crippen LogP contribution in [0.5, 0.6) is 5.75 Å². The van der Waals surface area contributed by atoms with Crippen LogP contribution in [0.2, 0.25) is 0 Å². The average Bonchev–Trinajstić information content (AvgIpc) is 2.58. The van der Waals surface area contributed by atoms with Crippen molar-refractivity contribution in [3.8, 4) is 5.75 Å². The molecule has 1 aromatic carbocycles. The van der Waals surface area contributed by atoms with Crippen LogP contribution in [0, 0.1) is 11.8 Å². The van der Waals surface area contributed by atoms with E-state index in [4.69, 9.17) is 9.84 Å². The Hall–Kier alpha value is -2.18. The van der Waals surface area contributed by atoms with E-state index in [1.54, 1.807) is 24.3 Å². The molecule has 1 amide bonds.